The first kappa shape index (κ1) is 9.44. The fourth-order valence-corrected chi connectivity index (χ4v) is 2.27. The predicted octanol–water partition coefficient (Wildman–Crippen LogP) is 0.459. The molecule has 0 amide bonds. The van der Waals surface area contributed by atoms with Crippen molar-refractivity contribution >= 4 is 0 Å². The van der Waals surface area contributed by atoms with Crippen molar-refractivity contribution < 1.29 is 4.74 Å². The number of likely N-dealkylation sites (N-methyl/N-ethyl adjacent to an activating group) is 1. The number of nitrogens with zero attached hydrogens (tertiary/aromatic N) is 1. The van der Waals surface area contributed by atoms with Gasteiger partial charge in [0.25, 0.3) is 0 Å². The lowest BCUT2D eigenvalue weighted by Gasteiger charge is -2.26. The molecule has 13 heavy (non-hydrogen) atoms. The molecule has 3 heteroatoms. The maximum atomic E-state index is 5.33. The van der Waals surface area contributed by atoms with Crippen LogP contribution < -0.4 is 5.32 Å². The van der Waals surface area contributed by atoms with Crippen molar-refractivity contribution in [3.63, 3.8) is 0 Å². The molecule has 3 nitrogen and oxygen atoms in total. The molecule has 0 aliphatic carbocycles. The van der Waals surface area contributed by atoms with Gasteiger partial charge < -0.3 is 15.0 Å². The second-order valence-corrected chi connectivity index (χ2v) is 4.30. The Balaban J connectivity index is 1.71. The third-order valence-electron chi connectivity index (χ3n) is 3.08. The Labute approximate surface area is 80.4 Å². The molecule has 2 aliphatic rings. The molecule has 0 aromatic rings. The summed E-state index contributed by atoms with van der Waals surface area (Å²) in [5.74, 6) is 0. The highest BCUT2D eigenvalue weighted by Gasteiger charge is 2.23. The van der Waals surface area contributed by atoms with E-state index < -0.39 is 0 Å². The van der Waals surface area contributed by atoms with Crippen molar-refractivity contribution in [2.75, 3.05) is 33.4 Å². The number of hydrogen-bond acceptors (Lipinski definition) is 3. The first-order valence-corrected chi connectivity index (χ1v) is 5.37. The smallest absolute Gasteiger partial charge is 0.0480 e. The molecule has 0 spiro atoms. The van der Waals surface area contributed by atoms with Gasteiger partial charge in [0.2, 0.25) is 0 Å². The van der Waals surface area contributed by atoms with Gasteiger partial charge in [0, 0.05) is 31.8 Å². The van der Waals surface area contributed by atoms with Gasteiger partial charge in [-0.2, -0.15) is 0 Å². The van der Waals surface area contributed by atoms with Crippen LogP contribution >= 0.6 is 0 Å². The van der Waals surface area contributed by atoms with Crippen molar-refractivity contribution in [2.24, 2.45) is 0 Å². The van der Waals surface area contributed by atoms with Gasteiger partial charge in [0.15, 0.2) is 0 Å². The van der Waals surface area contributed by atoms with Crippen LogP contribution in [0.2, 0.25) is 0 Å². The van der Waals surface area contributed by atoms with E-state index >= 15 is 0 Å². The third kappa shape index (κ3) is 2.66. The van der Waals surface area contributed by atoms with Crippen LogP contribution in [0.3, 0.4) is 0 Å². The fraction of sp³-hybridized carbons (Fsp3) is 1.00. The molecule has 0 bridgehead atoms. The summed E-state index contributed by atoms with van der Waals surface area (Å²) in [5, 5.41) is 3.73. The Morgan fingerprint density at radius 3 is 2.54 bits per heavy atom. The molecule has 0 aromatic carbocycles. The Kier molecular flexibility index (Phi) is 3.19. The summed E-state index contributed by atoms with van der Waals surface area (Å²) in [6.07, 6.45) is 3.70. The van der Waals surface area contributed by atoms with Crippen LogP contribution in [0.5, 0.6) is 0 Å². The topological polar surface area (TPSA) is 24.5 Å². The van der Waals surface area contributed by atoms with E-state index in [0.29, 0.717) is 6.04 Å². The van der Waals surface area contributed by atoms with Gasteiger partial charge in [-0.1, -0.05) is 0 Å². The van der Waals surface area contributed by atoms with Crippen LogP contribution in [-0.2, 0) is 4.74 Å². The average Bonchev–Trinajstić information content (AvgIpc) is 2.53. The molecule has 0 saturated carbocycles. The van der Waals surface area contributed by atoms with Gasteiger partial charge in [0.05, 0.1) is 0 Å². The molecule has 0 unspecified atom stereocenters. The Morgan fingerprint density at radius 1 is 1.15 bits per heavy atom. The summed E-state index contributed by atoms with van der Waals surface area (Å²) in [4.78, 5) is 2.40. The van der Waals surface area contributed by atoms with Gasteiger partial charge in [-0.25, -0.2) is 0 Å². The third-order valence-corrected chi connectivity index (χ3v) is 3.08. The van der Waals surface area contributed by atoms with E-state index in [9.17, 15) is 0 Å². The van der Waals surface area contributed by atoms with Crippen LogP contribution in [0.1, 0.15) is 19.3 Å². The predicted molar refractivity (Wildman–Crippen MR) is 52.9 cm³/mol. The monoisotopic (exact) mass is 184 g/mol. The molecular weight excluding hydrogens is 164 g/mol. The summed E-state index contributed by atoms with van der Waals surface area (Å²) in [6, 6.07) is 1.44. The minimum Gasteiger partial charge on any atom is -0.381 e. The molecule has 2 aliphatic heterocycles. The SMILES string of the molecule is CN1CC[C@H](NC2CCOCC2)C1. The van der Waals surface area contributed by atoms with E-state index in [1.807, 2.05) is 0 Å². The number of likely N-dealkylation sites (tertiary alicyclic amines) is 1. The lowest BCUT2D eigenvalue weighted by molar-refractivity contribution is 0.0752. The maximum Gasteiger partial charge on any atom is 0.0480 e. The summed E-state index contributed by atoms with van der Waals surface area (Å²) >= 11 is 0. The minimum atomic E-state index is 0.713. The highest BCUT2D eigenvalue weighted by atomic mass is 16.5. The maximum absolute atomic E-state index is 5.33. The molecule has 0 aromatic heterocycles. The van der Waals surface area contributed by atoms with E-state index in [2.05, 4.69) is 17.3 Å². The van der Waals surface area contributed by atoms with Crippen LogP contribution in [0.25, 0.3) is 0 Å². The van der Waals surface area contributed by atoms with E-state index in [4.69, 9.17) is 4.74 Å². The summed E-state index contributed by atoms with van der Waals surface area (Å²) in [6.45, 7) is 4.36. The van der Waals surface area contributed by atoms with Gasteiger partial charge in [-0.05, 0) is 32.9 Å². The van der Waals surface area contributed by atoms with E-state index in [1.165, 1.54) is 32.4 Å². The van der Waals surface area contributed by atoms with E-state index in [0.717, 1.165) is 19.3 Å². The van der Waals surface area contributed by atoms with Crippen LogP contribution in [0.4, 0.5) is 0 Å². The second kappa shape index (κ2) is 4.40. The van der Waals surface area contributed by atoms with E-state index in [-0.39, 0.29) is 0 Å². The highest BCUT2D eigenvalue weighted by molar-refractivity contribution is 4.83. The number of hydrogen-bond donors (Lipinski definition) is 1. The summed E-state index contributed by atoms with van der Waals surface area (Å²) in [5.41, 5.74) is 0. The highest BCUT2D eigenvalue weighted by Crippen LogP contribution is 2.12. The molecule has 2 fully saturated rings. The van der Waals surface area contributed by atoms with Crippen LogP contribution in [0.15, 0.2) is 0 Å². The zero-order chi connectivity index (χ0) is 9.10. The van der Waals surface area contributed by atoms with Crippen molar-refractivity contribution in [1.82, 2.24) is 10.2 Å². The summed E-state index contributed by atoms with van der Waals surface area (Å²) in [7, 11) is 2.20. The molecule has 2 saturated heterocycles. The minimum absolute atomic E-state index is 0.713. The fourth-order valence-electron chi connectivity index (χ4n) is 2.27. The lowest BCUT2D eigenvalue weighted by Crippen LogP contribution is -2.42. The molecule has 2 rings (SSSR count). The first-order chi connectivity index (χ1) is 6.34. The molecule has 0 radical (unpaired) electrons. The summed E-state index contributed by atoms with van der Waals surface area (Å²) < 4.78 is 5.33. The molecular formula is C10H20N2O. The molecule has 76 valence electrons. The largest absolute Gasteiger partial charge is 0.381 e. The van der Waals surface area contributed by atoms with E-state index in [1.54, 1.807) is 0 Å². The zero-order valence-corrected chi connectivity index (χ0v) is 8.46. The van der Waals surface area contributed by atoms with Gasteiger partial charge >= 0.3 is 0 Å². The van der Waals surface area contributed by atoms with Crippen molar-refractivity contribution in [3.05, 3.63) is 0 Å². The quantitative estimate of drug-likeness (QED) is 0.675. The number of rotatable bonds is 2. The van der Waals surface area contributed by atoms with Crippen LogP contribution in [0, 0.1) is 0 Å². The standard InChI is InChI=1S/C10H20N2O/c1-12-5-2-10(8-12)11-9-3-6-13-7-4-9/h9-11H,2-8H2,1H3/t10-/m0/s1. The van der Waals surface area contributed by atoms with Gasteiger partial charge in [-0.3, -0.25) is 0 Å². The lowest BCUT2D eigenvalue weighted by atomic mass is 10.1. The number of nitrogens with one attached hydrogen (secondary N) is 1. The molecule has 2 heterocycles. The first-order valence-electron chi connectivity index (χ1n) is 5.37. The van der Waals surface area contributed by atoms with Gasteiger partial charge in [-0.15, -0.1) is 0 Å². The van der Waals surface area contributed by atoms with Crippen molar-refractivity contribution in [3.8, 4) is 0 Å². The Morgan fingerprint density at radius 2 is 1.92 bits per heavy atom. The molecule has 1 atom stereocenters. The zero-order valence-electron chi connectivity index (χ0n) is 8.46. The van der Waals surface area contributed by atoms with Gasteiger partial charge in [0.1, 0.15) is 0 Å². The van der Waals surface area contributed by atoms with Crippen molar-refractivity contribution in [1.29, 1.82) is 0 Å². The average molecular weight is 184 g/mol. The second-order valence-electron chi connectivity index (χ2n) is 4.30. The number of ether oxygens (including phenoxy) is 1. The normalized spacial score (nSPS) is 32.5. The Hall–Kier alpha value is -0.120. The van der Waals surface area contributed by atoms with Crippen LogP contribution in [-0.4, -0.2) is 50.3 Å². The van der Waals surface area contributed by atoms with Crippen molar-refractivity contribution in [2.45, 2.75) is 31.3 Å². The molecule has 1 N–H and O–H groups in total. The Bertz CT molecular complexity index is 154.